The van der Waals surface area contributed by atoms with Gasteiger partial charge < -0.3 is 10.8 Å². The van der Waals surface area contributed by atoms with E-state index < -0.39 is 20.8 Å². The van der Waals surface area contributed by atoms with Crippen molar-refractivity contribution in [3.05, 3.63) is 64.4 Å². The number of nitrogens with zero attached hydrogens (tertiary/aromatic N) is 3. The van der Waals surface area contributed by atoms with Crippen LogP contribution in [0, 0.1) is 10.1 Å². The smallest absolute Gasteiger partial charge is 0.294 e. The molecule has 0 unspecified atom stereocenters. The fourth-order valence-electron chi connectivity index (χ4n) is 2.37. The minimum atomic E-state index is -4.38. The third-order valence-electron chi connectivity index (χ3n) is 3.69. The topological polar surface area (TPSA) is 166 Å². The minimum absolute atomic E-state index is 0. The summed E-state index contributed by atoms with van der Waals surface area (Å²) in [5.41, 5.74) is 7.72. The van der Waals surface area contributed by atoms with E-state index in [1.165, 1.54) is 36.4 Å². The Balaban J connectivity index is 0.00000280. The van der Waals surface area contributed by atoms with Crippen molar-refractivity contribution < 1.29 is 40.4 Å². The fourth-order valence-corrected chi connectivity index (χ4v) is 2.89. The van der Waals surface area contributed by atoms with E-state index in [0.29, 0.717) is 10.8 Å². The van der Waals surface area contributed by atoms with Gasteiger partial charge in [-0.05, 0) is 23.6 Å². The summed E-state index contributed by atoms with van der Waals surface area (Å²) < 4.78 is 31.6. The number of aromatic hydroxyl groups is 1. The van der Waals surface area contributed by atoms with E-state index in [2.05, 4.69) is 10.2 Å². The van der Waals surface area contributed by atoms with Gasteiger partial charge in [0.15, 0.2) is 0 Å². The van der Waals surface area contributed by atoms with Gasteiger partial charge >= 0.3 is 0 Å². The molecule has 3 rings (SSSR count). The maximum absolute atomic E-state index is 11.3. The number of non-ortho nitro benzene ring substituents is 1. The van der Waals surface area contributed by atoms with Crippen molar-refractivity contribution >= 4 is 43.6 Å². The average Bonchev–Trinajstić information content (AvgIpc) is 2.60. The summed E-state index contributed by atoms with van der Waals surface area (Å²) in [6.07, 6.45) is 0. The van der Waals surface area contributed by atoms with Crippen molar-refractivity contribution in [1.29, 1.82) is 0 Å². The Morgan fingerprint density at radius 2 is 1.75 bits per heavy atom. The molecule has 0 aliphatic rings. The Morgan fingerprint density at radius 1 is 1.04 bits per heavy atom. The van der Waals surface area contributed by atoms with Crippen LogP contribution in [0.2, 0.25) is 0 Å². The first-order chi connectivity index (χ1) is 12.7. The van der Waals surface area contributed by atoms with Crippen molar-refractivity contribution in [3.63, 3.8) is 0 Å². The molecule has 0 atom stereocenters. The van der Waals surface area contributed by atoms with Gasteiger partial charge in [0.2, 0.25) is 0 Å². The van der Waals surface area contributed by atoms with E-state index in [4.69, 9.17) is 10.3 Å². The molecule has 0 saturated carbocycles. The Labute approximate surface area is 169 Å². The molecule has 0 aliphatic heterocycles. The molecule has 10 nitrogen and oxygen atoms in total. The molecule has 0 aliphatic carbocycles. The Kier molecular flexibility index (Phi) is 6.01. The van der Waals surface area contributed by atoms with E-state index in [0.717, 1.165) is 12.1 Å². The molecule has 0 amide bonds. The molecule has 3 N–H and O–H groups in total. The zero-order valence-corrected chi connectivity index (χ0v) is 15.9. The van der Waals surface area contributed by atoms with E-state index in [9.17, 15) is 23.6 Å². The number of nitro benzene ring substituents is 1. The Hall–Kier alpha value is -3.04. The maximum atomic E-state index is 11.3. The molecule has 3 aromatic carbocycles. The molecule has 0 saturated heterocycles. The fraction of sp³-hybridized carbons (Fsp3) is 0. The Morgan fingerprint density at radius 3 is 2.36 bits per heavy atom. The first-order valence-electron chi connectivity index (χ1n) is 7.32. The zero-order chi connectivity index (χ0) is 19.8. The largest absolute Gasteiger partial charge is 0.697 e. The second-order valence-corrected chi connectivity index (χ2v) is 6.87. The molecular weight excluding hydrogens is 428 g/mol. The number of fused-ring (bicyclic) bond motifs is 1. The SMILES string of the molecule is [Cr].[NH-]c1ccc2cc(S(=O)(=O)O)ccc2c1N=Nc1ccc([N+](=O)[O-])cc1O. The molecule has 144 valence electrons. The van der Waals surface area contributed by atoms with Gasteiger partial charge in [-0.3, -0.25) is 14.7 Å². The van der Waals surface area contributed by atoms with Crippen molar-refractivity contribution in [2.75, 3.05) is 0 Å². The number of rotatable bonds is 4. The number of phenols is 1. The number of phenolic OH excluding ortho intramolecular Hbond substituents is 1. The van der Waals surface area contributed by atoms with E-state index in [-0.39, 0.29) is 45.0 Å². The standard InChI is InChI=1S/C16H11N4O6S.Cr/c17-13-5-1-9-7-11(27(24,25)26)3-4-12(9)16(13)19-18-14-6-2-10(20(22)23)8-15(14)21;/h1-8H,(H3-,17,18,19,21,24,25,26);/q-1;. The number of azo groups is 1. The third kappa shape index (κ3) is 4.26. The summed E-state index contributed by atoms with van der Waals surface area (Å²) in [5, 5.41) is 29.1. The van der Waals surface area contributed by atoms with Crippen LogP contribution in [0.1, 0.15) is 0 Å². The minimum Gasteiger partial charge on any atom is -0.697 e. The molecule has 0 radical (unpaired) electrons. The van der Waals surface area contributed by atoms with Crippen LogP contribution in [0.4, 0.5) is 22.7 Å². The van der Waals surface area contributed by atoms with Gasteiger partial charge in [-0.25, -0.2) is 0 Å². The average molecular weight is 439 g/mol. The first-order valence-corrected chi connectivity index (χ1v) is 8.76. The predicted molar refractivity (Wildman–Crippen MR) is 96.7 cm³/mol. The van der Waals surface area contributed by atoms with Gasteiger partial charge in [-0.15, -0.1) is 10.8 Å². The molecule has 0 heterocycles. The van der Waals surface area contributed by atoms with E-state index in [1.807, 2.05) is 0 Å². The molecule has 0 fully saturated rings. The van der Waals surface area contributed by atoms with Gasteiger partial charge in [-0.1, -0.05) is 18.2 Å². The molecule has 28 heavy (non-hydrogen) atoms. The zero-order valence-electron chi connectivity index (χ0n) is 13.8. The molecule has 0 aromatic heterocycles. The van der Waals surface area contributed by atoms with Crippen LogP contribution in [0.5, 0.6) is 5.75 Å². The van der Waals surface area contributed by atoms with Gasteiger partial charge in [0.05, 0.1) is 21.6 Å². The second-order valence-electron chi connectivity index (χ2n) is 5.45. The summed E-state index contributed by atoms with van der Waals surface area (Å²) in [5.74, 6) is -0.451. The van der Waals surface area contributed by atoms with Crippen LogP contribution >= 0.6 is 0 Å². The van der Waals surface area contributed by atoms with Crippen LogP contribution in [0.25, 0.3) is 16.5 Å². The molecule has 12 heteroatoms. The third-order valence-corrected chi connectivity index (χ3v) is 4.54. The number of nitrogens with one attached hydrogen (secondary N) is 1. The number of hydrogen-bond acceptors (Lipinski definition) is 7. The predicted octanol–water partition coefficient (Wildman–Crippen LogP) is 4.80. The van der Waals surface area contributed by atoms with Crippen LogP contribution < -0.4 is 0 Å². The van der Waals surface area contributed by atoms with Crippen LogP contribution in [-0.2, 0) is 27.5 Å². The summed E-state index contributed by atoms with van der Waals surface area (Å²) in [4.78, 5) is 9.72. The van der Waals surface area contributed by atoms with Gasteiger partial charge in [0.25, 0.3) is 15.8 Å². The summed E-state index contributed by atoms with van der Waals surface area (Å²) in [7, 11) is -4.38. The van der Waals surface area contributed by atoms with Gasteiger partial charge in [0.1, 0.15) is 11.4 Å². The normalized spacial score (nSPS) is 11.5. The monoisotopic (exact) mass is 439 g/mol. The van der Waals surface area contributed by atoms with Crippen molar-refractivity contribution in [2.24, 2.45) is 10.2 Å². The molecule has 0 spiro atoms. The maximum Gasteiger partial charge on any atom is 0.294 e. The molecular formula is C16H11CrN4O6S-. The van der Waals surface area contributed by atoms with Gasteiger partial charge in [0, 0.05) is 28.8 Å². The summed E-state index contributed by atoms with van der Waals surface area (Å²) >= 11 is 0. The summed E-state index contributed by atoms with van der Waals surface area (Å²) in [6.45, 7) is 0. The van der Waals surface area contributed by atoms with Crippen molar-refractivity contribution in [1.82, 2.24) is 0 Å². The Bertz CT molecular complexity index is 1210. The number of benzene rings is 3. The van der Waals surface area contributed by atoms with Crippen molar-refractivity contribution in [2.45, 2.75) is 4.90 Å². The van der Waals surface area contributed by atoms with Crippen LogP contribution in [0.3, 0.4) is 0 Å². The number of nitro groups is 1. The van der Waals surface area contributed by atoms with Crippen molar-refractivity contribution in [3.8, 4) is 5.75 Å². The molecule has 3 aromatic rings. The number of hydrogen-bond donors (Lipinski definition) is 2. The van der Waals surface area contributed by atoms with E-state index in [1.54, 1.807) is 0 Å². The summed E-state index contributed by atoms with van der Waals surface area (Å²) in [6, 6.07) is 9.93. The van der Waals surface area contributed by atoms with E-state index >= 15 is 0 Å². The first kappa shape index (κ1) is 21.3. The molecule has 0 bridgehead atoms. The van der Waals surface area contributed by atoms with Gasteiger partial charge in [-0.2, -0.15) is 13.5 Å². The quantitative estimate of drug-likeness (QED) is 0.256. The van der Waals surface area contributed by atoms with Crippen LogP contribution in [-0.4, -0.2) is 23.0 Å². The second kappa shape index (κ2) is 7.91. The van der Waals surface area contributed by atoms with Crippen LogP contribution in [0.15, 0.2) is 63.7 Å².